The second-order valence-corrected chi connectivity index (χ2v) is 2.21. The molecule has 0 aromatic heterocycles. The van der Waals surface area contributed by atoms with Crippen molar-refractivity contribution in [3.05, 3.63) is 0 Å². The van der Waals surface area contributed by atoms with E-state index in [2.05, 4.69) is 0 Å². The molecule has 7 heavy (non-hydrogen) atoms. The largest absolute Gasteiger partial charge is 0.251 e. The van der Waals surface area contributed by atoms with Crippen molar-refractivity contribution in [2.45, 2.75) is 6.42 Å². The van der Waals surface area contributed by atoms with Gasteiger partial charge in [-0.3, -0.25) is 4.39 Å². The van der Waals surface area contributed by atoms with E-state index in [4.69, 9.17) is 0 Å². The molecule has 4 heteroatoms. The van der Waals surface area contributed by atoms with E-state index in [1.807, 2.05) is 0 Å². The van der Waals surface area contributed by atoms with E-state index in [0.717, 1.165) is 0 Å². The summed E-state index contributed by atoms with van der Waals surface area (Å²) < 4.78 is 30.3. The lowest BCUT2D eigenvalue weighted by Crippen LogP contribution is -1.87. The molecule has 0 fully saturated rings. The average molecular weight is 126 g/mol. The van der Waals surface area contributed by atoms with E-state index < -0.39 is 17.4 Å². The predicted molar refractivity (Wildman–Crippen MR) is 25.8 cm³/mol. The Morgan fingerprint density at radius 2 is 2.00 bits per heavy atom. The number of halogens is 1. The van der Waals surface area contributed by atoms with Gasteiger partial charge < -0.3 is 0 Å². The van der Waals surface area contributed by atoms with E-state index in [0.29, 0.717) is 0 Å². The summed E-state index contributed by atoms with van der Waals surface area (Å²) in [5, 5.41) is 0. The lowest BCUT2D eigenvalue weighted by atomic mass is 10.6. The summed E-state index contributed by atoms with van der Waals surface area (Å²) in [6.07, 6.45) is 0.138. The number of hydrogen-bond donors (Lipinski definition) is 1. The fraction of sp³-hybridized carbons (Fsp3) is 1.00. The van der Waals surface area contributed by atoms with Crippen LogP contribution in [0.25, 0.3) is 0 Å². The van der Waals surface area contributed by atoms with Crippen LogP contribution < -0.4 is 0 Å². The Kier molecular flexibility index (Phi) is 3.98. The highest BCUT2D eigenvalue weighted by atomic mass is 32.2. The second kappa shape index (κ2) is 4.05. The lowest BCUT2D eigenvalue weighted by Gasteiger charge is -1.78. The first-order valence-corrected chi connectivity index (χ1v) is 3.31. The molecule has 0 rings (SSSR count). The molecule has 0 heterocycles. The molecule has 0 saturated carbocycles. The Hall–Kier alpha value is -0.120. The minimum Gasteiger partial charge on any atom is -0.251 e. The van der Waals surface area contributed by atoms with Crippen LogP contribution in [0.5, 0.6) is 0 Å². The highest BCUT2D eigenvalue weighted by molar-refractivity contribution is 7.72. The van der Waals surface area contributed by atoms with Gasteiger partial charge >= 0.3 is 0 Å². The zero-order valence-electron chi connectivity index (χ0n) is 3.76. The monoisotopic (exact) mass is 126 g/mol. The molecule has 44 valence electrons. The molecular formula is C3H7FO2S. The summed E-state index contributed by atoms with van der Waals surface area (Å²) >= 11 is 0. The molecule has 0 amide bonds. The Balaban J connectivity index is 2.98. The van der Waals surface area contributed by atoms with Crippen LogP contribution in [-0.2, 0) is 10.7 Å². The van der Waals surface area contributed by atoms with Gasteiger partial charge in [-0.05, 0) is 6.42 Å². The fourth-order valence-corrected chi connectivity index (χ4v) is 0.567. The maximum absolute atomic E-state index is 11.1. The van der Waals surface area contributed by atoms with Gasteiger partial charge in [-0.15, -0.1) is 0 Å². The van der Waals surface area contributed by atoms with Gasteiger partial charge in [-0.25, -0.2) is 8.42 Å². The molecule has 0 saturated heterocycles. The van der Waals surface area contributed by atoms with Crippen LogP contribution in [0.15, 0.2) is 0 Å². The first kappa shape index (κ1) is 6.88. The highest BCUT2D eigenvalue weighted by Gasteiger charge is 1.83. The van der Waals surface area contributed by atoms with Gasteiger partial charge in [0.15, 0.2) is 0 Å². The average Bonchev–Trinajstić information content (AvgIpc) is 1.61. The molecule has 0 aliphatic carbocycles. The van der Waals surface area contributed by atoms with Gasteiger partial charge in [0.25, 0.3) is 0 Å². The van der Waals surface area contributed by atoms with Crippen molar-refractivity contribution in [3.63, 3.8) is 0 Å². The van der Waals surface area contributed by atoms with Crippen molar-refractivity contribution in [1.29, 1.82) is 0 Å². The molecule has 0 radical (unpaired) electrons. The van der Waals surface area contributed by atoms with Crippen LogP contribution >= 0.6 is 0 Å². The Morgan fingerprint density at radius 3 is 2.14 bits per heavy atom. The SMILES string of the molecule is O=[SH](=O)CCCF. The van der Waals surface area contributed by atoms with Crippen LogP contribution in [0.2, 0.25) is 0 Å². The van der Waals surface area contributed by atoms with E-state index in [1.54, 1.807) is 0 Å². The van der Waals surface area contributed by atoms with E-state index >= 15 is 0 Å². The van der Waals surface area contributed by atoms with Crippen molar-refractivity contribution in [2.24, 2.45) is 0 Å². The molecular weight excluding hydrogens is 119 g/mol. The van der Waals surface area contributed by atoms with E-state index in [-0.39, 0.29) is 12.2 Å². The summed E-state index contributed by atoms with van der Waals surface area (Å²) in [5.41, 5.74) is 0. The third-order valence-electron chi connectivity index (χ3n) is 0.474. The number of thiol groups is 1. The van der Waals surface area contributed by atoms with Gasteiger partial charge in [0.1, 0.15) is 10.7 Å². The van der Waals surface area contributed by atoms with Crippen LogP contribution in [0.4, 0.5) is 4.39 Å². The van der Waals surface area contributed by atoms with Crippen molar-refractivity contribution >= 4 is 10.7 Å². The molecule has 0 unspecified atom stereocenters. The Bertz CT molecular complexity index is 91.1. The molecule has 2 nitrogen and oxygen atoms in total. The van der Waals surface area contributed by atoms with Gasteiger partial charge in [0, 0.05) is 0 Å². The molecule has 0 spiro atoms. The predicted octanol–water partition coefficient (Wildman–Crippen LogP) is -0.0426. The van der Waals surface area contributed by atoms with Crippen LogP contribution in [-0.4, -0.2) is 20.8 Å². The first-order chi connectivity index (χ1) is 3.27. The van der Waals surface area contributed by atoms with Gasteiger partial charge in [-0.2, -0.15) is 0 Å². The molecule has 0 aliphatic rings. The smallest absolute Gasteiger partial charge is 0.140 e. The highest BCUT2D eigenvalue weighted by Crippen LogP contribution is 1.78. The van der Waals surface area contributed by atoms with Crippen LogP contribution in [0, 0.1) is 0 Å². The number of hydrogen-bond acceptors (Lipinski definition) is 2. The summed E-state index contributed by atoms with van der Waals surface area (Å²) in [6.45, 7) is -0.538. The standard InChI is InChI=1S/C3H7FO2S/c4-2-1-3-7(5)6/h7H,1-3H2. The molecule has 0 aromatic rings. The lowest BCUT2D eigenvalue weighted by molar-refractivity contribution is 0.486. The van der Waals surface area contributed by atoms with Gasteiger partial charge in [-0.1, -0.05) is 0 Å². The topological polar surface area (TPSA) is 34.1 Å². The van der Waals surface area contributed by atoms with Crippen molar-refractivity contribution in [1.82, 2.24) is 0 Å². The molecule has 0 bridgehead atoms. The molecule has 0 atom stereocenters. The minimum atomic E-state index is -2.35. The molecule has 0 aromatic carbocycles. The van der Waals surface area contributed by atoms with Crippen molar-refractivity contribution < 1.29 is 12.8 Å². The van der Waals surface area contributed by atoms with Crippen molar-refractivity contribution in [3.8, 4) is 0 Å². The first-order valence-electron chi connectivity index (χ1n) is 1.95. The Morgan fingerprint density at radius 1 is 1.43 bits per heavy atom. The van der Waals surface area contributed by atoms with Crippen LogP contribution in [0.3, 0.4) is 0 Å². The summed E-state index contributed by atoms with van der Waals surface area (Å²) in [6, 6.07) is 0. The van der Waals surface area contributed by atoms with Gasteiger partial charge in [0.05, 0.1) is 12.4 Å². The summed E-state index contributed by atoms with van der Waals surface area (Å²) in [5.74, 6) is -0.0220. The second-order valence-electron chi connectivity index (χ2n) is 1.10. The van der Waals surface area contributed by atoms with Gasteiger partial charge in [0.2, 0.25) is 0 Å². The van der Waals surface area contributed by atoms with E-state index in [9.17, 15) is 12.8 Å². The number of rotatable bonds is 3. The third-order valence-corrected chi connectivity index (χ3v) is 1.16. The maximum Gasteiger partial charge on any atom is 0.140 e. The normalized spacial score (nSPS) is 10.0. The summed E-state index contributed by atoms with van der Waals surface area (Å²) in [7, 11) is -2.35. The van der Waals surface area contributed by atoms with Crippen LogP contribution in [0.1, 0.15) is 6.42 Å². The van der Waals surface area contributed by atoms with E-state index in [1.165, 1.54) is 0 Å². The minimum absolute atomic E-state index is 0.0220. The zero-order chi connectivity index (χ0) is 5.70. The number of alkyl halides is 1. The fourth-order valence-electron chi connectivity index (χ4n) is 0.189. The zero-order valence-corrected chi connectivity index (χ0v) is 4.66. The quantitative estimate of drug-likeness (QED) is 0.538. The molecule has 0 aliphatic heterocycles. The Labute approximate surface area is 43.3 Å². The molecule has 0 N–H and O–H groups in total. The third kappa shape index (κ3) is 5.88. The van der Waals surface area contributed by atoms with Crippen molar-refractivity contribution in [2.75, 3.05) is 12.4 Å². The maximum atomic E-state index is 11.1. The summed E-state index contributed by atoms with van der Waals surface area (Å²) in [4.78, 5) is 0.